The number of carboxylic acid groups (broad SMARTS) is 1. The van der Waals surface area contributed by atoms with E-state index in [4.69, 9.17) is 15.6 Å². The number of carbonyl (C=O) groups is 4. The first kappa shape index (κ1) is 21.6. The highest BCUT2D eigenvalue weighted by atomic mass is 16.5. The van der Waals surface area contributed by atoms with Crippen molar-refractivity contribution in [2.75, 3.05) is 24.6 Å². The minimum atomic E-state index is -1.04. The second kappa shape index (κ2) is 9.15. The predicted molar refractivity (Wildman–Crippen MR) is 108 cm³/mol. The zero-order valence-corrected chi connectivity index (χ0v) is 17.0. The van der Waals surface area contributed by atoms with Crippen molar-refractivity contribution in [2.45, 2.75) is 45.2 Å². The minimum absolute atomic E-state index is 0.00685. The lowest BCUT2D eigenvalue weighted by Crippen LogP contribution is -2.45. The number of ether oxygens (including phenoxy) is 1. The van der Waals surface area contributed by atoms with Crippen LogP contribution >= 0.6 is 0 Å². The molecular weight excluding hydrogens is 390 g/mol. The van der Waals surface area contributed by atoms with Crippen LogP contribution in [0.25, 0.3) is 0 Å². The summed E-state index contributed by atoms with van der Waals surface area (Å²) >= 11 is 0. The number of piperidine rings is 1. The minimum Gasteiger partial charge on any atom is -0.481 e. The first-order chi connectivity index (χ1) is 14.3. The quantitative estimate of drug-likeness (QED) is 0.607. The summed E-state index contributed by atoms with van der Waals surface area (Å²) in [6, 6.07) is 4.72. The van der Waals surface area contributed by atoms with Crippen molar-refractivity contribution in [1.29, 1.82) is 0 Å². The van der Waals surface area contributed by atoms with E-state index in [1.165, 1.54) is 11.8 Å². The van der Waals surface area contributed by atoms with E-state index in [0.29, 0.717) is 18.1 Å². The van der Waals surface area contributed by atoms with E-state index in [2.05, 4.69) is 4.90 Å². The Kier molecular flexibility index (Phi) is 6.59. The largest absolute Gasteiger partial charge is 0.481 e. The smallest absolute Gasteiger partial charge is 0.303 e. The van der Waals surface area contributed by atoms with Crippen molar-refractivity contribution in [3.63, 3.8) is 0 Å². The second-order valence-electron chi connectivity index (χ2n) is 7.86. The van der Waals surface area contributed by atoms with Gasteiger partial charge in [-0.1, -0.05) is 6.07 Å². The Balaban J connectivity index is 1.67. The lowest BCUT2D eigenvalue weighted by molar-refractivity contribution is -0.142. The zero-order valence-electron chi connectivity index (χ0n) is 17.0. The van der Waals surface area contributed by atoms with E-state index in [1.54, 1.807) is 0 Å². The maximum atomic E-state index is 12.9. The highest BCUT2D eigenvalue weighted by molar-refractivity contribution is 6.01. The van der Waals surface area contributed by atoms with Crippen molar-refractivity contribution < 1.29 is 29.0 Å². The van der Waals surface area contributed by atoms with E-state index in [9.17, 15) is 19.2 Å². The van der Waals surface area contributed by atoms with E-state index in [-0.39, 0.29) is 31.3 Å². The lowest BCUT2D eigenvalue weighted by Gasteiger charge is -2.33. The van der Waals surface area contributed by atoms with Gasteiger partial charge in [0.25, 0.3) is 5.91 Å². The maximum absolute atomic E-state index is 12.9. The van der Waals surface area contributed by atoms with Crippen LogP contribution in [0.4, 0.5) is 5.69 Å². The molecule has 0 bridgehead atoms. The number of benzene rings is 1. The average Bonchev–Trinajstić information content (AvgIpc) is 3.02. The molecule has 3 rings (SSSR count). The molecule has 0 aliphatic carbocycles. The molecule has 2 amide bonds. The molecule has 0 spiro atoms. The Morgan fingerprint density at radius 2 is 1.97 bits per heavy atom. The van der Waals surface area contributed by atoms with Crippen LogP contribution in [0.5, 0.6) is 0 Å². The molecule has 0 unspecified atom stereocenters. The van der Waals surface area contributed by atoms with E-state index in [1.807, 2.05) is 18.2 Å². The number of amides is 2. The average molecular weight is 417 g/mol. The standard InChI is InChI=1S/C21H27N3O6/c1-13(25)30-12-14-6-8-23(9-7-14)16-3-2-15-11-24(21(29)17(15)10-16)18(20(22)28)4-5-19(26)27/h2-3,10,14,18H,4-9,11-12H2,1H3,(H2,22,28)(H,26,27)/t18-/m0/s1. The van der Waals surface area contributed by atoms with Crippen molar-refractivity contribution >= 4 is 29.4 Å². The number of hydrogen-bond donors (Lipinski definition) is 2. The Hall–Kier alpha value is -3.10. The van der Waals surface area contributed by atoms with Gasteiger partial charge < -0.3 is 25.4 Å². The van der Waals surface area contributed by atoms with Gasteiger partial charge in [0.15, 0.2) is 0 Å². The highest BCUT2D eigenvalue weighted by Crippen LogP contribution is 2.31. The van der Waals surface area contributed by atoms with Crippen molar-refractivity contribution in [1.82, 2.24) is 4.90 Å². The fraction of sp³-hybridized carbons (Fsp3) is 0.524. The molecule has 1 saturated heterocycles. The monoisotopic (exact) mass is 417 g/mol. The molecule has 30 heavy (non-hydrogen) atoms. The third-order valence-corrected chi connectivity index (χ3v) is 5.76. The molecule has 1 atom stereocenters. The summed E-state index contributed by atoms with van der Waals surface area (Å²) in [7, 11) is 0. The summed E-state index contributed by atoms with van der Waals surface area (Å²) in [5.41, 5.74) is 7.69. The van der Waals surface area contributed by atoms with Crippen molar-refractivity contribution in [2.24, 2.45) is 11.7 Å². The molecule has 162 valence electrons. The normalized spacial score (nSPS) is 17.6. The van der Waals surface area contributed by atoms with Crippen molar-refractivity contribution in [3.05, 3.63) is 29.3 Å². The number of nitrogens with zero attached hydrogens (tertiary/aromatic N) is 2. The van der Waals surface area contributed by atoms with Crippen LogP contribution in [-0.2, 0) is 25.7 Å². The third kappa shape index (κ3) is 4.90. The number of carboxylic acids is 1. The summed E-state index contributed by atoms with van der Waals surface area (Å²) in [4.78, 5) is 50.2. The molecule has 3 N–H and O–H groups in total. The molecule has 9 heteroatoms. The number of hydrogen-bond acceptors (Lipinski definition) is 6. The number of esters is 1. The van der Waals surface area contributed by atoms with Gasteiger partial charge in [-0.2, -0.15) is 0 Å². The topological polar surface area (TPSA) is 130 Å². The summed E-state index contributed by atoms with van der Waals surface area (Å²) in [6.07, 6.45) is 1.54. The molecule has 1 aromatic rings. The Labute approximate surface area is 174 Å². The maximum Gasteiger partial charge on any atom is 0.303 e. The van der Waals surface area contributed by atoms with E-state index < -0.39 is 17.9 Å². The van der Waals surface area contributed by atoms with Crippen LogP contribution in [0.2, 0.25) is 0 Å². The van der Waals surface area contributed by atoms with Crippen LogP contribution in [0.15, 0.2) is 18.2 Å². The number of aliphatic carboxylic acids is 1. The van der Waals surface area contributed by atoms with Gasteiger partial charge in [0.2, 0.25) is 5.91 Å². The van der Waals surface area contributed by atoms with Gasteiger partial charge in [0.1, 0.15) is 6.04 Å². The Bertz CT molecular complexity index is 847. The third-order valence-electron chi connectivity index (χ3n) is 5.76. The van der Waals surface area contributed by atoms with Gasteiger partial charge >= 0.3 is 11.9 Å². The van der Waals surface area contributed by atoms with Gasteiger partial charge in [0, 0.05) is 44.2 Å². The molecule has 0 saturated carbocycles. The summed E-state index contributed by atoms with van der Waals surface area (Å²) in [5.74, 6) is -1.97. The molecule has 2 heterocycles. The Morgan fingerprint density at radius 3 is 2.57 bits per heavy atom. The summed E-state index contributed by atoms with van der Waals surface area (Å²) in [6.45, 7) is 3.68. The molecule has 0 aromatic heterocycles. The van der Waals surface area contributed by atoms with Gasteiger partial charge in [-0.25, -0.2) is 0 Å². The number of anilines is 1. The van der Waals surface area contributed by atoms with Crippen LogP contribution in [0.3, 0.4) is 0 Å². The van der Waals surface area contributed by atoms with Gasteiger partial charge in [-0.3, -0.25) is 19.2 Å². The number of rotatable bonds is 8. The SMILES string of the molecule is CC(=O)OCC1CCN(c2ccc3c(c2)C(=O)N([C@@H](CCC(=O)O)C(N)=O)C3)CC1. The molecule has 0 radical (unpaired) electrons. The molecule has 2 aliphatic rings. The van der Waals surface area contributed by atoms with Crippen LogP contribution in [0.1, 0.15) is 48.5 Å². The molecule has 2 aliphatic heterocycles. The van der Waals surface area contributed by atoms with Crippen LogP contribution in [-0.4, -0.2) is 59.5 Å². The fourth-order valence-corrected chi connectivity index (χ4v) is 4.06. The molecule has 1 aromatic carbocycles. The number of carbonyl (C=O) groups excluding carboxylic acids is 3. The summed E-state index contributed by atoms with van der Waals surface area (Å²) in [5, 5.41) is 8.90. The predicted octanol–water partition coefficient (Wildman–Crippen LogP) is 1.14. The molecule has 1 fully saturated rings. The molecule has 9 nitrogen and oxygen atoms in total. The first-order valence-corrected chi connectivity index (χ1v) is 10.1. The van der Waals surface area contributed by atoms with Crippen LogP contribution in [0, 0.1) is 5.92 Å². The van der Waals surface area contributed by atoms with E-state index >= 15 is 0 Å². The number of nitrogens with two attached hydrogens (primary N) is 1. The zero-order chi connectivity index (χ0) is 21.8. The summed E-state index contributed by atoms with van der Waals surface area (Å²) < 4.78 is 5.10. The van der Waals surface area contributed by atoms with Gasteiger partial charge in [-0.15, -0.1) is 0 Å². The second-order valence-corrected chi connectivity index (χ2v) is 7.86. The number of fused-ring (bicyclic) bond motifs is 1. The number of primary amides is 1. The lowest BCUT2D eigenvalue weighted by atomic mass is 9.97. The Morgan fingerprint density at radius 1 is 1.27 bits per heavy atom. The first-order valence-electron chi connectivity index (χ1n) is 10.1. The van der Waals surface area contributed by atoms with E-state index in [0.717, 1.165) is 37.2 Å². The highest BCUT2D eigenvalue weighted by Gasteiger charge is 2.36. The van der Waals surface area contributed by atoms with Gasteiger partial charge in [-0.05, 0) is 42.9 Å². The molecular formula is C21H27N3O6. The van der Waals surface area contributed by atoms with Crippen LogP contribution < -0.4 is 10.6 Å². The van der Waals surface area contributed by atoms with Crippen molar-refractivity contribution in [3.8, 4) is 0 Å². The fourth-order valence-electron chi connectivity index (χ4n) is 4.06. The van der Waals surface area contributed by atoms with Gasteiger partial charge in [0.05, 0.1) is 6.61 Å².